The Morgan fingerprint density at radius 3 is 2.00 bits per heavy atom. The summed E-state index contributed by atoms with van der Waals surface area (Å²) in [5.41, 5.74) is 0. The van der Waals surface area contributed by atoms with Crippen molar-refractivity contribution in [3.63, 3.8) is 0 Å². The first-order valence-corrected chi connectivity index (χ1v) is 6.99. The molecule has 0 aliphatic carbocycles. The molecule has 0 aromatic heterocycles. The molecule has 0 aromatic carbocycles. The van der Waals surface area contributed by atoms with E-state index in [9.17, 15) is 0 Å². The third kappa shape index (κ3) is 11.9. The first kappa shape index (κ1) is 15.0. The highest BCUT2D eigenvalue weighted by molar-refractivity contribution is 4.58. The van der Waals surface area contributed by atoms with Crippen molar-refractivity contribution in [2.24, 2.45) is 11.8 Å². The van der Waals surface area contributed by atoms with E-state index < -0.39 is 0 Å². The van der Waals surface area contributed by atoms with Crippen LogP contribution in [0.4, 0.5) is 0 Å². The Morgan fingerprint density at radius 2 is 1.40 bits per heavy atom. The first-order valence-electron chi connectivity index (χ1n) is 6.99. The molecule has 0 heterocycles. The zero-order chi connectivity index (χ0) is 11.5. The number of hydrogen-bond donors (Lipinski definition) is 0. The third-order valence-electron chi connectivity index (χ3n) is 3.19. The van der Waals surface area contributed by atoms with Crippen molar-refractivity contribution in [3.8, 4) is 0 Å². The lowest BCUT2D eigenvalue weighted by molar-refractivity contribution is 0.426. The maximum atomic E-state index is 4.03. The summed E-state index contributed by atoms with van der Waals surface area (Å²) in [4.78, 5) is 0. The van der Waals surface area contributed by atoms with Crippen LogP contribution >= 0.6 is 0 Å². The van der Waals surface area contributed by atoms with Crippen LogP contribution in [0, 0.1) is 18.8 Å². The van der Waals surface area contributed by atoms with Crippen LogP contribution in [-0.4, -0.2) is 0 Å². The lowest BCUT2D eigenvalue weighted by Crippen LogP contribution is -1.97. The van der Waals surface area contributed by atoms with Gasteiger partial charge in [-0.25, -0.2) is 0 Å². The standard InChI is InChI=1S/C15H31/c1-5-6-7-8-9-12-15(4)13-10-11-14(2)3/h14-15H,2,5-13H2,1,3-4H3. The van der Waals surface area contributed by atoms with Crippen molar-refractivity contribution in [1.29, 1.82) is 0 Å². The van der Waals surface area contributed by atoms with Gasteiger partial charge in [-0.2, -0.15) is 0 Å². The van der Waals surface area contributed by atoms with Crippen molar-refractivity contribution in [1.82, 2.24) is 0 Å². The lowest BCUT2D eigenvalue weighted by atomic mass is 9.95. The molecule has 0 saturated heterocycles. The quantitative estimate of drug-likeness (QED) is 0.411. The average Bonchev–Trinajstić information content (AvgIpc) is 2.17. The molecule has 0 nitrogen and oxygen atoms in total. The van der Waals surface area contributed by atoms with Gasteiger partial charge in [-0.1, -0.05) is 85.5 Å². The van der Waals surface area contributed by atoms with E-state index in [-0.39, 0.29) is 0 Å². The van der Waals surface area contributed by atoms with Crippen LogP contribution in [0.25, 0.3) is 0 Å². The molecule has 0 aliphatic rings. The topological polar surface area (TPSA) is 0 Å². The van der Waals surface area contributed by atoms with Crippen molar-refractivity contribution in [2.45, 2.75) is 78.6 Å². The monoisotopic (exact) mass is 211 g/mol. The predicted octanol–water partition coefficient (Wildman–Crippen LogP) is 5.62. The van der Waals surface area contributed by atoms with Crippen LogP contribution in [-0.2, 0) is 0 Å². The van der Waals surface area contributed by atoms with Gasteiger partial charge in [-0.3, -0.25) is 0 Å². The van der Waals surface area contributed by atoms with E-state index in [1.165, 1.54) is 57.8 Å². The molecule has 0 bridgehead atoms. The Morgan fingerprint density at radius 1 is 0.800 bits per heavy atom. The minimum absolute atomic E-state index is 0.641. The Kier molecular flexibility index (Phi) is 10.5. The fourth-order valence-corrected chi connectivity index (χ4v) is 2.06. The van der Waals surface area contributed by atoms with Crippen LogP contribution < -0.4 is 0 Å². The Hall–Kier alpha value is 0. The van der Waals surface area contributed by atoms with Gasteiger partial charge in [-0.05, 0) is 11.8 Å². The fraction of sp³-hybridized carbons (Fsp3) is 0.933. The second kappa shape index (κ2) is 10.5. The molecule has 15 heavy (non-hydrogen) atoms. The van der Waals surface area contributed by atoms with Crippen molar-refractivity contribution >= 4 is 0 Å². The maximum Gasteiger partial charge on any atom is -0.0443 e. The van der Waals surface area contributed by atoms with Gasteiger partial charge in [0.05, 0.1) is 0 Å². The third-order valence-corrected chi connectivity index (χ3v) is 3.19. The normalized spacial score (nSPS) is 13.4. The summed E-state index contributed by atoms with van der Waals surface area (Å²) < 4.78 is 0. The highest BCUT2D eigenvalue weighted by Crippen LogP contribution is 2.18. The second-order valence-electron chi connectivity index (χ2n) is 5.34. The zero-order valence-electron chi connectivity index (χ0n) is 11.2. The van der Waals surface area contributed by atoms with Crippen LogP contribution in [0.15, 0.2) is 0 Å². The average molecular weight is 211 g/mol. The van der Waals surface area contributed by atoms with Gasteiger partial charge < -0.3 is 0 Å². The smallest absolute Gasteiger partial charge is 0.0443 e. The van der Waals surface area contributed by atoms with Gasteiger partial charge in [0.1, 0.15) is 0 Å². The zero-order valence-corrected chi connectivity index (χ0v) is 11.2. The summed E-state index contributed by atoms with van der Waals surface area (Å²) in [7, 11) is 0. The summed E-state index contributed by atoms with van der Waals surface area (Å²) in [6, 6.07) is 0. The number of unbranched alkanes of at least 4 members (excludes halogenated alkanes) is 4. The van der Waals surface area contributed by atoms with Gasteiger partial charge in [0.15, 0.2) is 0 Å². The highest BCUT2D eigenvalue weighted by Gasteiger charge is 2.02. The van der Waals surface area contributed by atoms with E-state index in [1.807, 2.05) is 0 Å². The summed E-state index contributed by atoms with van der Waals surface area (Å²) in [5.74, 6) is 1.58. The molecule has 2 unspecified atom stereocenters. The van der Waals surface area contributed by atoms with E-state index in [2.05, 4.69) is 27.7 Å². The maximum absolute atomic E-state index is 4.03. The molecule has 0 heteroatoms. The van der Waals surface area contributed by atoms with E-state index in [1.54, 1.807) is 0 Å². The lowest BCUT2D eigenvalue weighted by Gasteiger charge is -2.11. The summed E-state index contributed by atoms with van der Waals surface area (Å²) in [6.07, 6.45) is 12.7. The molecular weight excluding hydrogens is 180 g/mol. The summed E-state index contributed by atoms with van der Waals surface area (Å²) in [5, 5.41) is 0. The molecule has 0 aliphatic heterocycles. The molecule has 91 valence electrons. The van der Waals surface area contributed by atoms with E-state index in [4.69, 9.17) is 0 Å². The van der Waals surface area contributed by atoms with E-state index in [0.717, 1.165) is 5.92 Å². The second-order valence-corrected chi connectivity index (χ2v) is 5.34. The molecule has 0 amide bonds. The van der Waals surface area contributed by atoms with Crippen molar-refractivity contribution < 1.29 is 0 Å². The molecule has 0 fully saturated rings. The SMILES string of the molecule is [CH2]C(C)CCCC(C)CCCCCCC. The predicted molar refractivity (Wildman–Crippen MR) is 70.9 cm³/mol. The van der Waals surface area contributed by atoms with Gasteiger partial charge in [0, 0.05) is 0 Å². The number of hydrogen-bond acceptors (Lipinski definition) is 0. The molecular formula is C15H31. The molecule has 2 atom stereocenters. The highest BCUT2D eigenvalue weighted by atomic mass is 14.1. The Balaban J connectivity index is 3.15. The van der Waals surface area contributed by atoms with Crippen LogP contribution in [0.3, 0.4) is 0 Å². The summed E-state index contributed by atoms with van der Waals surface area (Å²) >= 11 is 0. The van der Waals surface area contributed by atoms with Crippen molar-refractivity contribution in [3.05, 3.63) is 6.92 Å². The minimum atomic E-state index is 0.641. The van der Waals surface area contributed by atoms with E-state index >= 15 is 0 Å². The molecule has 0 N–H and O–H groups in total. The first-order chi connectivity index (χ1) is 7.16. The van der Waals surface area contributed by atoms with Crippen LogP contribution in [0.2, 0.25) is 0 Å². The van der Waals surface area contributed by atoms with Crippen LogP contribution in [0.5, 0.6) is 0 Å². The molecule has 1 radical (unpaired) electrons. The Bertz CT molecular complexity index is 115. The van der Waals surface area contributed by atoms with Gasteiger partial charge in [0.2, 0.25) is 0 Å². The van der Waals surface area contributed by atoms with Gasteiger partial charge in [0.25, 0.3) is 0 Å². The largest absolute Gasteiger partial charge is 0.0654 e. The molecule has 0 spiro atoms. The molecule has 0 rings (SSSR count). The van der Waals surface area contributed by atoms with Gasteiger partial charge in [-0.15, -0.1) is 0 Å². The fourth-order valence-electron chi connectivity index (χ4n) is 2.06. The van der Waals surface area contributed by atoms with Crippen LogP contribution in [0.1, 0.15) is 78.6 Å². The Labute approximate surface area is 97.8 Å². The molecule has 0 aromatic rings. The number of rotatable bonds is 10. The van der Waals surface area contributed by atoms with Crippen molar-refractivity contribution in [2.75, 3.05) is 0 Å². The minimum Gasteiger partial charge on any atom is -0.0654 e. The van der Waals surface area contributed by atoms with Gasteiger partial charge >= 0.3 is 0 Å². The summed E-state index contributed by atoms with van der Waals surface area (Å²) in [6.45, 7) is 10.9. The van der Waals surface area contributed by atoms with E-state index in [0.29, 0.717) is 5.92 Å². The molecule has 0 saturated carbocycles.